The van der Waals surface area contributed by atoms with Crippen molar-refractivity contribution in [2.75, 3.05) is 0 Å². The van der Waals surface area contributed by atoms with Crippen molar-refractivity contribution >= 4 is 11.3 Å². The van der Waals surface area contributed by atoms with Crippen molar-refractivity contribution in [2.24, 2.45) is 5.73 Å². The third-order valence-electron chi connectivity index (χ3n) is 1.75. The molecule has 0 atom stereocenters. The van der Waals surface area contributed by atoms with E-state index < -0.39 is 0 Å². The number of thiazole rings is 1. The maximum absolute atomic E-state index is 5.49. The van der Waals surface area contributed by atoms with Gasteiger partial charge in [-0.25, -0.2) is 4.98 Å². The molecule has 0 amide bonds. The molecule has 0 spiro atoms. The number of aromatic nitrogens is 2. The largest absolute Gasteiger partial charge is 0.325 e. The minimum Gasteiger partial charge on any atom is -0.325 e. The van der Waals surface area contributed by atoms with Gasteiger partial charge in [-0.3, -0.25) is 4.98 Å². The SMILES string of the molecule is NCc1cc(-c2cscn2)ccn1. The smallest absolute Gasteiger partial charge is 0.0812 e. The summed E-state index contributed by atoms with van der Waals surface area (Å²) < 4.78 is 0. The van der Waals surface area contributed by atoms with Crippen molar-refractivity contribution in [3.8, 4) is 11.3 Å². The van der Waals surface area contributed by atoms with Crippen molar-refractivity contribution in [2.45, 2.75) is 6.54 Å². The lowest BCUT2D eigenvalue weighted by Crippen LogP contribution is -1.98. The average molecular weight is 191 g/mol. The minimum absolute atomic E-state index is 0.470. The summed E-state index contributed by atoms with van der Waals surface area (Å²) in [7, 11) is 0. The zero-order valence-corrected chi connectivity index (χ0v) is 7.79. The Labute approximate surface area is 80.3 Å². The highest BCUT2D eigenvalue weighted by molar-refractivity contribution is 7.07. The molecule has 0 bridgehead atoms. The lowest BCUT2D eigenvalue weighted by Gasteiger charge is -1.98. The molecule has 0 saturated heterocycles. The van der Waals surface area contributed by atoms with Crippen LogP contribution < -0.4 is 5.73 Å². The monoisotopic (exact) mass is 191 g/mol. The van der Waals surface area contributed by atoms with Crippen LogP contribution >= 0.6 is 11.3 Å². The van der Waals surface area contributed by atoms with E-state index in [4.69, 9.17) is 5.73 Å². The lowest BCUT2D eigenvalue weighted by molar-refractivity contribution is 0.991. The van der Waals surface area contributed by atoms with Gasteiger partial charge in [0.15, 0.2) is 0 Å². The molecule has 2 aromatic heterocycles. The van der Waals surface area contributed by atoms with Crippen molar-refractivity contribution in [3.63, 3.8) is 0 Å². The average Bonchev–Trinajstić information content (AvgIpc) is 2.71. The van der Waals surface area contributed by atoms with Crippen molar-refractivity contribution < 1.29 is 0 Å². The van der Waals surface area contributed by atoms with Crippen LogP contribution in [0.2, 0.25) is 0 Å². The van der Waals surface area contributed by atoms with Gasteiger partial charge < -0.3 is 5.73 Å². The van der Waals surface area contributed by atoms with Crippen molar-refractivity contribution in [1.82, 2.24) is 9.97 Å². The van der Waals surface area contributed by atoms with Gasteiger partial charge in [-0.15, -0.1) is 11.3 Å². The van der Waals surface area contributed by atoms with Crippen LogP contribution in [0.1, 0.15) is 5.69 Å². The quantitative estimate of drug-likeness (QED) is 0.785. The van der Waals surface area contributed by atoms with Gasteiger partial charge in [0.05, 0.1) is 16.9 Å². The van der Waals surface area contributed by atoms with E-state index in [2.05, 4.69) is 9.97 Å². The molecular weight excluding hydrogens is 182 g/mol. The second-order valence-corrected chi connectivity index (χ2v) is 3.33. The molecule has 0 radical (unpaired) electrons. The Morgan fingerprint density at radius 2 is 2.31 bits per heavy atom. The molecule has 0 unspecified atom stereocenters. The lowest BCUT2D eigenvalue weighted by atomic mass is 10.2. The molecule has 2 rings (SSSR count). The third-order valence-corrected chi connectivity index (χ3v) is 2.34. The fraction of sp³-hybridized carbons (Fsp3) is 0.111. The number of hydrogen-bond acceptors (Lipinski definition) is 4. The first kappa shape index (κ1) is 8.34. The van der Waals surface area contributed by atoms with E-state index in [-0.39, 0.29) is 0 Å². The number of nitrogens with two attached hydrogens (primary N) is 1. The van der Waals surface area contributed by atoms with Crippen LogP contribution in [0.3, 0.4) is 0 Å². The maximum atomic E-state index is 5.49. The van der Waals surface area contributed by atoms with Gasteiger partial charge >= 0.3 is 0 Å². The Balaban J connectivity index is 2.41. The van der Waals surface area contributed by atoms with Crippen LogP contribution in [0.5, 0.6) is 0 Å². The highest BCUT2D eigenvalue weighted by Crippen LogP contribution is 2.18. The summed E-state index contributed by atoms with van der Waals surface area (Å²) in [5.74, 6) is 0. The molecule has 2 N–H and O–H groups in total. The predicted octanol–water partition coefficient (Wildman–Crippen LogP) is 1.66. The van der Waals surface area contributed by atoms with Gasteiger partial charge in [0.2, 0.25) is 0 Å². The highest BCUT2D eigenvalue weighted by Gasteiger charge is 2.00. The predicted molar refractivity (Wildman–Crippen MR) is 53.2 cm³/mol. The molecule has 0 aliphatic heterocycles. The standard InChI is InChI=1S/C9H9N3S/c10-4-8-3-7(1-2-11-8)9-5-13-6-12-9/h1-3,5-6H,4,10H2. The molecule has 0 saturated carbocycles. The van der Waals surface area contributed by atoms with E-state index in [0.29, 0.717) is 6.54 Å². The van der Waals surface area contributed by atoms with E-state index in [0.717, 1.165) is 17.0 Å². The summed E-state index contributed by atoms with van der Waals surface area (Å²) >= 11 is 1.59. The Bertz CT molecular complexity index is 384. The first-order valence-corrected chi connectivity index (χ1v) is 4.88. The number of pyridine rings is 1. The third kappa shape index (κ3) is 1.74. The van der Waals surface area contributed by atoms with Crippen molar-refractivity contribution in [1.29, 1.82) is 0 Å². The Morgan fingerprint density at radius 1 is 1.38 bits per heavy atom. The first-order chi connectivity index (χ1) is 6.40. The molecule has 2 aromatic rings. The fourth-order valence-corrected chi connectivity index (χ4v) is 1.67. The molecule has 2 heterocycles. The van der Waals surface area contributed by atoms with Gasteiger partial charge in [0.1, 0.15) is 0 Å². The molecule has 0 aliphatic rings. The maximum Gasteiger partial charge on any atom is 0.0812 e. The van der Waals surface area contributed by atoms with Crippen LogP contribution in [0.15, 0.2) is 29.2 Å². The van der Waals surface area contributed by atoms with E-state index >= 15 is 0 Å². The summed E-state index contributed by atoms with van der Waals surface area (Å²) in [6, 6.07) is 3.91. The molecule has 3 nitrogen and oxygen atoms in total. The van der Waals surface area contributed by atoms with Crippen LogP contribution in [-0.2, 0) is 6.54 Å². The van der Waals surface area contributed by atoms with Gasteiger partial charge in [-0.2, -0.15) is 0 Å². The zero-order chi connectivity index (χ0) is 9.10. The minimum atomic E-state index is 0.470. The van der Waals surface area contributed by atoms with Crippen LogP contribution in [0.4, 0.5) is 0 Å². The van der Waals surface area contributed by atoms with E-state index in [9.17, 15) is 0 Å². The molecule has 66 valence electrons. The number of rotatable bonds is 2. The fourth-order valence-electron chi connectivity index (χ4n) is 1.10. The Kier molecular flexibility index (Phi) is 2.33. The van der Waals surface area contributed by atoms with E-state index in [1.807, 2.05) is 23.0 Å². The molecule has 13 heavy (non-hydrogen) atoms. The van der Waals surface area contributed by atoms with E-state index in [1.54, 1.807) is 17.5 Å². The van der Waals surface area contributed by atoms with E-state index in [1.165, 1.54) is 0 Å². The van der Waals surface area contributed by atoms with Crippen molar-refractivity contribution in [3.05, 3.63) is 34.9 Å². The van der Waals surface area contributed by atoms with Crippen LogP contribution in [0.25, 0.3) is 11.3 Å². The summed E-state index contributed by atoms with van der Waals surface area (Å²) in [5.41, 5.74) is 10.3. The summed E-state index contributed by atoms with van der Waals surface area (Å²) in [5, 5.41) is 2.01. The number of nitrogens with zero attached hydrogens (tertiary/aromatic N) is 2. The molecule has 4 heteroatoms. The van der Waals surface area contributed by atoms with Gasteiger partial charge in [0, 0.05) is 23.7 Å². The first-order valence-electron chi connectivity index (χ1n) is 3.93. The molecule has 0 fully saturated rings. The molecule has 0 aromatic carbocycles. The summed E-state index contributed by atoms with van der Waals surface area (Å²) in [6.07, 6.45) is 1.76. The Hall–Kier alpha value is -1.26. The second-order valence-electron chi connectivity index (χ2n) is 2.61. The van der Waals surface area contributed by atoms with Gasteiger partial charge in [0.25, 0.3) is 0 Å². The Morgan fingerprint density at radius 3 is 3.00 bits per heavy atom. The molecule has 0 aliphatic carbocycles. The van der Waals surface area contributed by atoms with Crippen LogP contribution in [-0.4, -0.2) is 9.97 Å². The summed E-state index contributed by atoms with van der Waals surface area (Å²) in [4.78, 5) is 8.33. The molecular formula is C9H9N3S. The van der Waals surface area contributed by atoms with Gasteiger partial charge in [-0.05, 0) is 12.1 Å². The topological polar surface area (TPSA) is 51.8 Å². The number of hydrogen-bond donors (Lipinski definition) is 1. The normalized spacial score (nSPS) is 10.2. The van der Waals surface area contributed by atoms with Gasteiger partial charge in [-0.1, -0.05) is 0 Å². The summed E-state index contributed by atoms with van der Waals surface area (Å²) in [6.45, 7) is 0.470. The second kappa shape index (κ2) is 3.64. The van der Waals surface area contributed by atoms with Crippen LogP contribution in [0, 0.1) is 0 Å². The highest BCUT2D eigenvalue weighted by atomic mass is 32.1. The zero-order valence-electron chi connectivity index (χ0n) is 6.97.